The van der Waals surface area contributed by atoms with Gasteiger partial charge in [-0.15, -0.1) is 0 Å². The minimum atomic E-state index is -1.13. The quantitative estimate of drug-likeness (QED) is 0.310. The van der Waals surface area contributed by atoms with Gasteiger partial charge in [0.25, 0.3) is 11.8 Å². The number of hydrogen-bond acceptors (Lipinski definition) is 5. The molecule has 0 bridgehead atoms. The summed E-state index contributed by atoms with van der Waals surface area (Å²) in [6.07, 6.45) is 1.63. The number of anilines is 1. The molecule has 38 heavy (non-hydrogen) atoms. The maximum absolute atomic E-state index is 14.2. The fraction of sp³-hybridized carbons (Fsp3) is 0.310. The van der Waals surface area contributed by atoms with Gasteiger partial charge in [-0.05, 0) is 49.6 Å². The van der Waals surface area contributed by atoms with E-state index in [9.17, 15) is 14.0 Å². The molecule has 0 N–H and O–H groups in total. The number of fused-ring (bicyclic) bond motifs is 1. The summed E-state index contributed by atoms with van der Waals surface area (Å²) >= 11 is 5.87. The van der Waals surface area contributed by atoms with Crippen LogP contribution < -0.4 is 4.90 Å². The van der Waals surface area contributed by atoms with E-state index in [0.717, 1.165) is 5.56 Å². The van der Waals surface area contributed by atoms with Crippen molar-refractivity contribution in [3.8, 4) is 11.3 Å². The molecule has 3 aromatic heterocycles. The molecule has 0 saturated carbocycles. The second-order valence-corrected chi connectivity index (χ2v) is 11.3. The van der Waals surface area contributed by atoms with E-state index in [0.29, 0.717) is 41.3 Å². The SMILES string of the molecule is CC(C)(C)c1cc(-c2ccc(Cl)c(F)c2)nc2cc(C(=O)N3CCN(c4ccccn4)C(=O)C3(C)C)oc12. The summed E-state index contributed by atoms with van der Waals surface area (Å²) < 4.78 is 20.3. The highest BCUT2D eigenvalue weighted by Gasteiger charge is 2.46. The van der Waals surface area contributed by atoms with Gasteiger partial charge in [-0.25, -0.2) is 14.4 Å². The summed E-state index contributed by atoms with van der Waals surface area (Å²) in [5.74, 6) is -0.534. The first-order chi connectivity index (χ1) is 17.9. The van der Waals surface area contributed by atoms with E-state index in [1.54, 1.807) is 49.2 Å². The van der Waals surface area contributed by atoms with Crippen LogP contribution in [-0.2, 0) is 10.2 Å². The van der Waals surface area contributed by atoms with Crippen LogP contribution in [0.2, 0.25) is 5.02 Å². The van der Waals surface area contributed by atoms with Gasteiger partial charge in [0.05, 0.1) is 10.7 Å². The molecule has 4 heterocycles. The van der Waals surface area contributed by atoms with Gasteiger partial charge < -0.3 is 9.32 Å². The van der Waals surface area contributed by atoms with Gasteiger partial charge in [-0.1, -0.05) is 44.5 Å². The first-order valence-electron chi connectivity index (χ1n) is 12.3. The van der Waals surface area contributed by atoms with Crippen LogP contribution in [0.1, 0.15) is 50.7 Å². The number of nitrogens with zero attached hydrogens (tertiary/aromatic N) is 4. The van der Waals surface area contributed by atoms with E-state index in [1.165, 1.54) is 17.0 Å². The average molecular weight is 535 g/mol. The molecule has 0 aliphatic carbocycles. The molecule has 9 heteroatoms. The molecular weight excluding hydrogens is 507 g/mol. The minimum Gasteiger partial charge on any atom is -0.449 e. The lowest BCUT2D eigenvalue weighted by molar-refractivity contribution is -0.129. The maximum Gasteiger partial charge on any atom is 0.290 e. The Bertz CT molecular complexity index is 1560. The lowest BCUT2D eigenvalue weighted by Gasteiger charge is -2.45. The third-order valence-electron chi connectivity index (χ3n) is 6.87. The van der Waals surface area contributed by atoms with Crippen molar-refractivity contribution in [3.63, 3.8) is 0 Å². The Morgan fingerprint density at radius 2 is 1.87 bits per heavy atom. The Morgan fingerprint density at radius 1 is 1.11 bits per heavy atom. The fourth-order valence-corrected chi connectivity index (χ4v) is 4.85. The summed E-state index contributed by atoms with van der Waals surface area (Å²) in [4.78, 5) is 39.2. The number of carbonyl (C=O) groups excluding carboxylic acids is 2. The molecule has 0 unspecified atom stereocenters. The van der Waals surface area contributed by atoms with E-state index in [4.69, 9.17) is 16.0 Å². The molecule has 7 nitrogen and oxygen atoms in total. The molecule has 1 aliphatic heterocycles. The van der Waals surface area contributed by atoms with Crippen molar-refractivity contribution in [2.45, 2.75) is 45.6 Å². The zero-order valence-corrected chi connectivity index (χ0v) is 22.6. The van der Waals surface area contributed by atoms with Crippen molar-refractivity contribution in [3.05, 3.63) is 76.9 Å². The second kappa shape index (κ2) is 9.20. The molecule has 4 aromatic rings. The first-order valence-corrected chi connectivity index (χ1v) is 12.7. The summed E-state index contributed by atoms with van der Waals surface area (Å²) in [7, 11) is 0. The third kappa shape index (κ3) is 4.43. The molecule has 2 amide bonds. The molecule has 1 saturated heterocycles. The Morgan fingerprint density at radius 3 is 2.53 bits per heavy atom. The van der Waals surface area contributed by atoms with Crippen molar-refractivity contribution in [2.75, 3.05) is 18.0 Å². The van der Waals surface area contributed by atoms with E-state index >= 15 is 0 Å². The first kappa shape index (κ1) is 25.9. The molecule has 1 aromatic carbocycles. The monoisotopic (exact) mass is 534 g/mol. The van der Waals surface area contributed by atoms with Crippen molar-refractivity contribution in [2.24, 2.45) is 0 Å². The van der Waals surface area contributed by atoms with Crippen molar-refractivity contribution < 1.29 is 18.4 Å². The predicted octanol–water partition coefficient (Wildman–Crippen LogP) is 6.25. The number of rotatable bonds is 3. The number of halogens is 2. The summed E-state index contributed by atoms with van der Waals surface area (Å²) in [6.45, 7) is 10.1. The Hall–Kier alpha value is -3.78. The molecule has 196 valence electrons. The van der Waals surface area contributed by atoms with Crippen LogP contribution >= 0.6 is 11.6 Å². The highest BCUT2D eigenvalue weighted by molar-refractivity contribution is 6.30. The number of furan rings is 1. The number of pyridine rings is 2. The zero-order chi connectivity index (χ0) is 27.4. The Kier molecular flexibility index (Phi) is 6.26. The van der Waals surface area contributed by atoms with Crippen LogP contribution in [0.15, 0.2) is 59.1 Å². The third-order valence-corrected chi connectivity index (χ3v) is 7.18. The molecule has 1 fully saturated rings. The topological polar surface area (TPSA) is 79.5 Å². The zero-order valence-electron chi connectivity index (χ0n) is 21.9. The largest absolute Gasteiger partial charge is 0.449 e. The van der Waals surface area contributed by atoms with Crippen LogP contribution in [0.5, 0.6) is 0 Å². The van der Waals surface area contributed by atoms with Crippen LogP contribution in [0.25, 0.3) is 22.4 Å². The van der Waals surface area contributed by atoms with E-state index < -0.39 is 17.3 Å². The Labute approximate surface area is 225 Å². The molecule has 0 atom stereocenters. The maximum atomic E-state index is 14.2. The van der Waals surface area contributed by atoms with Crippen molar-refractivity contribution >= 4 is 40.3 Å². The van der Waals surface area contributed by atoms with Gasteiger partial charge >= 0.3 is 0 Å². The van der Waals surface area contributed by atoms with E-state index in [1.807, 2.05) is 32.9 Å². The Balaban J connectivity index is 1.53. The second-order valence-electron chi connectivity index (χ2n) is 10.9. The lowest BCUT2D eigenvalue weighted by Crippen LogP contribution is -2.64. The van der Waals surface area contributed by atoms with Gasteiger partial charge in [0.1, 0.15) is 22.7 Å². The van der Waals surface area contributed by atoms with Crippen LogP contribution in [0.3, 0.4) is 0 Å². The minimum absolute atomic E-state index is 0.0300. The average Bonchev–Trinajstić information content (AvgIpc) is 3.30. The van der Waals surface area contributed by atoms with Gasteiger partial charge in [-0.3, -0.25) is 14.5 Å². The summed E-state index contributed by atoms with van der Waals surface area (Å²) in [5.41, 5.74) is 1.39. The highest BCUT2D eigenvalue weighted by Crippen LogP contribution is 2.36. The standard InChI is InChI=1S/C29H28ClFN4O3/c1-28(2,3)18-15-21(17-9-10-19(30)20(31)14-17)33-22-16-23(38-25(18)22)26(36)35-13-12-34(27(37)29(35,4)5)24-8-6-7-11-32-24/h6-11,14-16H,12-13H2,1-5H3. The van der Waals surface area contributed by atoms with Gasteiger partial charge in [0.15, 0.2) is 11.3 Å². The summed E-state index contributed by atoms with van der Waals surface area (Å²) in [6, 6.07) is 13.3. The number of hydrogen-bond donors (Lipinski definition) is 0. The number of benzene rings is 1. The number of amides is 2. The smallest absolute Gasteiger partial charge is 0.290 e. The van der Waals surface area contributed by atoms with Crippen molar-refractivity contribution in [1.82, 2.24) is 14.9 Å². The van der Waals surface area contributed by atoms with Crippen LogP contribution in [0, 0.1) is 5.82 Å². The van der Waals surface area contributed by atoms with Gasteiger partial charge in [-0.2, -0.15) is 0 Å². The highest BCUT2D eigenvalue weighted by atomic mass is 35.5. The molecule has 0 radical (unpaired) electrons. The van der Waals surface area contributed by atoms with Gasteiger partial charge in [0.2, 0.25) is 0 Å². The van der Waals surface area contributed by atoms with E-state index in [-0.39, 0.29) is 22.1 Å². The summed E-state index contributed by atoms with van der Waals surface area (Å²) in [5, 5.41) is 0.0300. The molecule has 0 spiro atoms. The van der Waals surface area contributed by atoms with Crippen molar-refractivity contribution in [1.29, 1.82) is 0 Å². The lowest BCUT2D eigenvalue weighted by atomic mass is 9.86. The fourth-order valence-electron chi connectivity index (χ4n) is 4.73. The normalized spacial score (nSPS) is 15.8. The number of piperazine rings is 1. The number of aromatic nitrogens is 2. The molecule has 1 aliphatic rings. The van der Waals surface area contributed by atoms with Crippen LogP contribution in [-0.4, -0.2) is 45.3 Å². The van der Waals surface area contributed by atoms with Gasteiger partial charge in [0, 0.05) is 36.5 Å². The molecule has 5 rings (SSSR count). The van der Waals surface area contributed by atoms with E-state index in [2.05, 4.69) is 9.97 Å². The van der Waals surface area contributed by atoms with Crippen LogP contribution in [0.4, 0.5) is 10.2 Å². The predicted molar refractivity (Wildman–Crippen MR) is 145 cm³/mol. The molecular formula is C29H28ClFN4O3. The number of carbonyl (C=O) groups is 2.